The molecular formula is C17H19NO. The van der Waals surface area contributed by atoms with Crippen LogP contribution in [0.2, 0.25) is 0 Å². The van der Waals surface area contributed by atoms with Crippen molar-refractivity contribution in [3.8, 4) is 5.75 Å². The quantitative estimate of drug-likeness (QED) is 0.867. The zero-order chi connectivity index (χ0) is 13.2. The second kappa shape index (κ2) is 4.96. The van der Waals surface area contributed by atoms with Crippen LogP contribution in [0.1, 0.15) is 24.1 Å². The van der Waals surface area contributed by atoms with E-state index in [1.165, 1.54) is 16.8 Å². The first-order valence-corrected chi connectivity index (χ1v) is 6.79. The fourth-order valence-electron chi connectivity index (χ4n) is 2.62. The first-order valence-electron chi connectivity index (χ1n) is 6.79. The maximum absolute atomic E-state index is 5.79. The number of rotatable bonds is 2. The molecule has 0 fully saturated rings. The van der Waals surface area contributed by atoms with Gasteiger partial charge in [0.05, 0.1) is 12.6 Å². The monoisotopic (exact) mass is 253 g/mol. The normalized spacial score (nSPS) is 21.4. The Hall–Kier alpha value is -1.96. The Balaban J connectivity index is 1.94. The molecule has 0 amide bonds. The maximum Gasteiger partial charge on any atom is 0.124 e. The van der Waals surface area contributed by atoms with Gasteiger partial charge in [0.15, 0.2) is 0 Å². The summed E-state index contributed by atoms with van der Waals surface area (Å²) < 4.78 is 5.79. The molecule has 2 atom stereocenters. The molecule has 2 nitrogen and oxygen atoms in total. The molecule has 0 radical (unpaired) electrons. The van der Waals surface area contributed by atoms with Gasteiger partial charge in [-0.25, -0.2) is 0 Å². The van der Waals surface area contributed by atoms with E-state index in [-0.39, 0.29) is 0 Å². The number of benzene rings is 2. The molecule has 98 valence electrons. The average Bonchev–Trinajstić information content (AvgIpc) is 2.44. The van der Waals surface area contributed by atoms with E-state index in [4.69, 9.17) is 4.74 Å². The van der Waals surface area contributed by atoms with Crippen LogP contribution < -0.4 is 10.1 Å². The number of aryl methyl sites for hydroxylation is 1. The van der Waals surface area contributed by atoms with Crippen LogP contribution in [0.3, 0.4) is 0 Å². The van der Waals surface area contributed by atoms with E-state index in [1.54, 1.807) is 0 Å². The predicted molar refractivity (Wildman–Crippen MR) is 78.6 cm³/mol. The molecule has 2 aromatic rings. The lowest BCUT2D eigenvalue weighted by atomic mass is 9.91. The van der Waals surface area contributed by atoms with Crippen LogP contribution in [0.5, 0.6) is 5.75 Å². The lowest BCUT2D eigenvalue weighted by Gasteiger charge is -2.33. The van der Waals surface area contributed by atoms with Crippen molar-refractivity contribution in [3.05, 3.63) is 59.7 Å². The third kappa shape index (κ3) is 2.30. The van der Waals surface area contributed by atoms with Crippen molar-refractivity contribution >= 4 is 5.69 Å². The minimum Gasteiger partial charge on any atom is -0.493 e. The summed E-state index contributed by atoms with van der Waals surface area (Å²) >= 11 is 0. The molecule has 0 aromatic heterocycles. The van der Waals surface area contributed by atoms with Crippen LogP contribution in [0, 0.1) is 12.8 Å². The van der Waals surface area contributed by atoms with Crippen LogP contribution in [-0.2, 0) is 0 Å². The first-order chi connectivity index (χ1) is 9.25. The molecule has 0 aliphatic carbocycles. The SMILES string of the molecule is Cc1ccccc1NC1c2ccccc2OCC1C. The van der Waals surface area contributed by atoms with Crippen LogP contribution in [0.25, 0.3) is 0 Å². The molecule has 0 spiro atoms. The highest BCUT2D eigenvalue weighted by Crippen LogP contribution is 2.37. The summed E-state index contributed by atoms with van der Waals surface area (Å²) in [6.07, 6.45) is 0. The molecule has 1 aliphatic rings. The summed E-state index contributed by atoms with van der Waals surface area (Å²) in [5.41, 5.74) is 3.74. The number of hydrogen-bond acceptors (Lipinski definition) is 2. The highest BCUT2D eigenvalue weighted by atomic mass is 16.5. The maximum atomic E-state index is 5.79. The van der Waals surface area contributed by atoms with Crippen molar-refractivity contribution in [3.63, 3.8) is 0 Å². The van der Waals surface area contributed by atoms with Gasteiger partial charge in [0.25, 0.3) is 0 Å². The largest absolute Gasteiger partial charge is 0.493 e. The van der Waals surface area contributed by atoms with Crippen molar-refractivity contribution in [2.45, 2.75) is 19.9 Å². The topological polar surface area (TPSA) is 21.3 Å². The number of ether oxygens (including phenoxy) is 1. The molecule has 1 N–H and O–H groups in total. The molecule has 0 saturated carbocycles. The van der Waals surface area contributed by atoms with Crippen LogP contribution in [-0.4, -0.2) is 6.61 Å². The van der Waals surface area contributed by atoms with Crippen LogP contribution in [0.4, 0.5) is 5.69 Å². The second-order valence-electron chi connectivity index (χ2n) is 5.26. The van der Waals surface area contributed by atoms with Crippen LogP contribution in [0.15, 0.2) is 48.5 Å². The summed E-state index contributed by atoms with van der Waals surface area (Å²) in [5.74, 6) is 1.46. The van der Waals surface area contributed by atoms with Crippen molar-refractivity contribution in [1.82, 2.24) is 0 Å². The van der Waals surface area contributed by atoms with Crippen molar-refractivity contribution in [2.75, 3.05) is 11.9 Å². The Labute approximate surface area is 114 Å². The minimum absolute atomic E-state index is 0.311. The molecule has 2 heteroatoms. The molecule has 19 heavy (non-hydrogen) atoms. The highest BCUT2D eigenvalue weighted by molar-refractivity contribution is 5.53. The smallest absolute Gasteiger partial charge is 0.124 e. The Morgan fingerprint density at radius 3 is 2.63 bits per heavy atom. The number of para-hydroxylation sites is 2. The lowest BCUT2D eigenvalue weighted by molar-refractivity contribution is 0.214. The Morgan fingerprint density at radius 1 is 1.05 bits per heavy atom. The van der Waals surface area contributed by atoms with E-state index in [9.17, 15) is 0 Å². The number of nitrogens with one attached hydrogen (secondary N) is 1. The fraction of sp³-hybridized carbons (Fsp3) is 0.294. The summed E-state index contributed by atoms with van der Waals surface area (Å²) in [6.45, 7) is 5.13. The van der Waals surface area contributed by atoms with Gasteiger partial charge in [0.2, 0.25) is 0 Å². The van der Waals surface area contributed by atoms with Gasteiger partial charge in [-0.2, -0.15) is 0 Å². The molecular weight excluding hydrogens is 234 g/mol. The zero-order valence-electron chi connectivity index (χ0n) is 11.4. The molecule has 2 unspecified atom stereocenters. The van der Waals surface area contributed by atoms with Gasteiger partial charge >= 0.3 is 0 Å². The molecule has 3 rings (SSSR count). The molecule has 0 saturated heterocycles. The summed E-state index contributed by atoms with van der Waals surface area (Å²) in [6, 6.07) is 17.0. The fourth-order valence-corrected chi connectivity index (χ4v) is 2.62. The van der Waals surface area contributed by atoms with Gasteiger partial charge in [-0.15, -0.1) is 0 Å². The van der Waals surface area contributed by atoms with E-state index in [0.717, 1.165) is 12.4 Å². The number of anilines is 1. The van der Waals surface area contributed by atoms with E-state index >= 15 is 0 Å². The lowest BCUT2D eigenvalue weighted by Crippen LogP contribution is -2.29. The number of hydrogen-bond donors (Lipinski definition) is 1. The standard InChI is InChI=1S/C17H19NO/c1-12-7-3-5-9-15(12)18-17-13(2)11-19-16-10-6-4-8-14(16)17/h3-10,13,17-18H,11H2,1-2H3. The van der Waals surface area contributed by atoms with E-state index in [0.29, 0.717) is 12.0 Å². The zero-order valence-corrected chi connectivity index (χ0v) is 11.4. The van der Waals surface area contributed by atoms with E-state index < -0.39 is 0 Å². The van der Waals surface area contributed by atoms with E-state index in [1.807, 2.05) is 12.1 Å². The third-order valence-corrected chi connectivity index (χ3v) is 3.78. The van der Waals surface area contributed by atoms with Gasteiger partial charge in [-0.05, 0) is 24.6 Å². The highest BCUT2D eigenvalue weighted by Gasteiger charge is 2.27. The summed E-state index contributed by atoms with van der Waals surface area (Å²) in [4.78, 5) is 0. The molecule has 1 aliphatic heterocycles. The second-order valence-corrected chi connectivity index (χ2v) is 5.26. The number of fused-ring (bicyclic) bond motifs is 1. The Morgan fingerprint density at radius 2 is 1.79 bits per heavy atom. The van der Waals surface area contributed by atoms with Gasteiger partial charge in [0, 0.05) is 17.2 Å². The van der Waals surface area contributed by atoms with Gasteiger partial charge in [-0.3, -0.25) is 0 Å². The van der Waals surface area contributed by atoms with Crippen molar-refractivity contribution < 1.29 is 4.74 Å². The predicted octanol–water partition coefficient (Wildman–Crippen LogP) is 4.18. The first kappa shape index (κ1) is 12.1. The van der Waals surface area contributed by atoms with Crippen molar-refractivity contribution in [2.24, 2.45) is 5.92 Å². The van der Waals surface area contributed by atoms with E-state index in [2.05, 4.69) is 55.6 Å². The molecule has 1 heterocycles. The Bertz CT molecular complexity index is 579. The minimum atomic E-state index is 0.311. The average molecular weight is 253 g/mol. The summed E-state index contributed by atoms with van der Waals surface area (Å²) in [5, 5.41) is 3.68. The van der Waals surface area contributed by atoms with Gasteiger partial charge in [0.1, 0.15) is 5.75 Å². The van der Waals surface area contributed by atoms with Crippen molar-refractivity contribution in [1.29, 1.82) is 0 Å². The molecule has 2 aromatic carbocycles. The van der Waals surface area contributed by atoms with Crippen LogP contribution >= 0.6 is 0 Å². The Kier molecular flexibility index (Phi) is 3.16. The summed E-state index contributed by atoms with van der Waals surface area (Å²) in [7, 11) is 0. The van der Waals surface area contributed by atoms with Gasteiger partial charge in [-0.1, -0.05) is 43.3 Å². The molecule has 0 bridgehead atoms. The van der Waals surface area contributed by atoms with Gasteiger partial charge < -0.3 is 10.1 Å². The third-order valence-electron chi connectivity index (χ3n) is 3.78.